The minimum atomic E-state index is -4.56. The van der Waals surface area contributed by atoms with Crippen molar-refractivity contribution in [2.45, 2.75) is 13.1 Å². The molecule has 19 heavy (non-hydrogen) atoms. The predicted molar refractivity (Wildman–Crippen MR) is 65.7 cm³/mol. The van der Waals surface area contributed by atoms with Crippen molar-refractivity contribution in [1.29, 1.82) is 0 Å². The van der Waals surface area contributed by atoms with Gasteiger partial charge in [-0.05, 0) is 13.0 Å². The van der Waals surface area contributed by atoms with Crippen molar-refractivity contribution in [2.24, 2.45) is 0 Å². The number of halogens is 3. The van der Waals surface area contributed by atoms with E-state index in [1.807, 2.05) is 0 Å². The molecule has 0 fully saturated rings. The number of alkyl halides is 3. The van der Waals surface area contributed by atoms with Gasteiger partial charge in [-0.2, -0.15) is 13.2 Å². The van der Waals surface area contributed by atoms with Crippen molar-refractivity contribution in [3.05, 3.63) is 59.1 Å². The van der Waals surface area contributed by atoms with Gasteiger partial charge in [0.25, 0.3) is 0 Å². The highest BCUT2D eigenvalue weighted by Gasteiger charge is 2.35. The molecule has 0 amide bonds. The molecule has 0 bridgehead atoms. The average molecular weight is 262 g/mol. The smallest absolute Gasteiger partial charge is 0.265 e. The normalized spacial score (nSPS) is 11.1. The van der Waals surface area contributed by atoms with Gasteiger partial charge in [0, 0.05) is 11.3 Å². The van der Waals surface area contributed by atoms with Crippen LogP contribution in [0.2, 0.25) is 0 Å². The Bertz CT molecular complexity index is 640. The van der Waals surface area contributed by atoms with E-state index in [-0.39, 0.29) is 11.4 Å². The van der Waals surface area contributed by atoms with Gasteiger partial charge < -0.3 is 0 Å². The van der Waals surface area contributed by atoms with Gasteiger partial charge in [-0.25, -0.2) is 4.85 Å². The fourth-order valence-electron chi connectivity index (χ4n) is 1.78. The van der Waals surface area contributed by atoms with Crippen molar-refractivity contribution < 1.29 is 13.2 Å². The van der Waals surface area contributed by atoms with Gasteiger partial charge in [-0.3, -0.25) is 4.98 Å². The van der Waals surface area contributed by atoms with Crippen molar-refractivity contribution >= 4 is 5.69 Å². The van der Waals surface area contributed by atoms with E-state index in [1.165, 1.54) is 6.92 Å². The molecule has 0 spiro atoms. The zero-order valence-electron chi connectivity index (χ0n) is 9.99. The molecule has 0 aliphatic heterocycles. The molecule has 0 unspecified atom stereocenters. The van der Waals surface area contributed by atoms with Crippen molar-refractivity contribution in [1.82, 2.24) is 4.98 Å². The Morgan fingerprint density at radius 3 is 2.32 bits per heavy atom. The average Bonchev–Trinajstić information content (AvgIpc) is 2.37. The molecule has 2 nitrogen and oxygen atoms in total. The summed E-state index contributed by atoms with van der Waals surface area (Å²) in [5.41, 5.74) is -0.477. The minimum absolute atomic E-state index is 0.0867. The lowest BCUT2D eigenvalue weighted by Gasteiger charge is -2.12. The summed E-state index contributed by atoms with van der Waals surface area (Å²) in [6, 6.07) is 9.51. The number of benzene rings is 1. The molecule has 2 aromatic rings. The Hall–Kier alpha value is -2.35. The summed E-state index contributed by atoms with van der Waals surface area (Å²) < 4.78 is 38.8. The highest BCUT2D eigenvalue weighted by molar-refractivity contribution is 5.67. The van der Waals surface area contributed by atoms with Crippen LogP contribution < -0.4 is 0 Å². The molecule has 2 rings (SSSR count). The Kier molecular flexibility index (Phi) is 3.26. The maximum Gasteiger partial charge on any atom is 0.407 e. The first kappa shape index (κ1) is 13.1. The molecule has 5 heteroatoms. The second-order valence-electron chi connectivity index (χ2n) is 3.96. The van der Waals surface area contributed by atoms with Crippen LogP contribution in [0.25, 0.3) is 16.1 Å². The van der Waals surface area contributed by atoms with Crippen LogP contribution in [0, 0.1) is 13.5 Å². The van der Waals surface area contributed by atoms with E-state index < -0.39 is 17.4 Å². The Labute approximate surface area is 108 Å². The van der Waals surface area contributed by atoms with Gasteiger partial charge in [0.1, 0.15) is 0 Å². The maximum absolute atomic E-state index is 12.9. The number of aromatic nitrogens is 1. The van der Waals surface area contributed by atoms with Crippen LogP contribution in [0.5, 0.6) is 0 Å². The third-order valence-electron chi connectivity index (χ3n) is 2.65. The van der Waals surface area contributed by atoms with Gasteiger partial charge in [0.15, 0.2) is 0 Å². The van der Waals surface area contributed by atoms with Gasteiger partial charge in [0.2, 0.25) is 5.69 Å². The summed E-state index contributed by atoms with van der Waals surface area (Å²) in [6.07, 6.45) is -4.56. The predicted octanol–water partition coefficient (Wildman–Crippen LogP) is 4.63. The molecule has 0 atom stereocenters. The van der Waals surface area contributed by atoms with E-state index in [0.717, 1.165) is 6.07 Å². The molecule has 0 aliphatic carbocycles. The minimum Gasteiger partial charge on any atom is -0.265 e. The molecule has 0 N–H and O–H groups in total. The van der Waals surface area contributed by atoms with E-state index in [1.54, 1.807) is 30.3 Å². The summed E-state index contributed by atoms with van der Waals surface area (Å²) in [7, 11) is 0. The molecule has 96 valence electrons. The molecule has 0 aliphatic rings. The number of hydrogen-bond donors (Lipinski definition) is 0. The standard InChI is InChI=1S/C14H9F3N2/c1-9-13(18-2)11(14(15,16)17)8-12(19-9)10-6-4-3-5-7-10/h3-8H,1H3. The first-order valence-corrected chi connectivity index (χ1v) is 5.45. The van der Waals surface area contributed by atoms with E-state index in [9.17, 15) is 13.2 Å². The lowest BCUT2D eigenvalue weighted by atomic mass is 10.1. The van der Waals surface area contributed by atoms with Gasteiger partial charge >= 0.3 is 6.18 Å². The van der Waals surface area contributed by atoms with Crippen LogP contribution in [-0.4, -0.2) is 4.98 Å². The fourth-order valence-corrected chi connectivity index (χ4v) is 1.78. The van der Waals surface area contributed by atoms with E-state index in [0.29, 0.717) is 5.56 Å². The molecule has 0 radical (unpaired) electrons. The zero-order chi connectivity index (χ0) is 14.0. The molecule has 0 saturated heterocycles. The van der Waals surface area contributed by atoms with Crippen molar-refractivity contribution in [3.8, 4) is 11.3 Å². The molecular weight excluding hydrogens is 253 g/mol. The van der Waals surface area contributed by atoms with Gasteiger partial charge in [0.05, 0.1) is 17.8 Å². The summed E-state index contributed by atoms with van der Waals surface area (Å²) in [4.78, 5) is 7.01. The number of pyridine rings is 1. The van der Waals surface area contributed by atoms with Crippen LogP contribution in [0.3, 0.4) is 0 Å². The Morgan fingerprint density at radius 1 is 1.16 bits per heavy atom. The summed E-state index contributed by atoms with van der Waals surface area (Å²) in [6.45, 7) is 8.28. The Morgan fingerprint density at radius 2 is 1.79 bits per heavy atom. The third-order valence-corrected chi connectivity index (χ3v) is 2.65. The second-order valence-corrected chi connectivity index (χ2v) is 3.96. The largest absolute Gasteiger partial charge is 0.407 e. The molecule has 0 saturated carbocycles. The lowest BCUT2D eigenvalue weighted by Crippen LogP contribution is -2.07. The number of rotatable bonds is 1. The van der Waals surface area contributed by atoms with E-state index >= 15 is 0 Å². The highest BCUT2D eigenvalue weighted by atomic mass is 19.4. The van der Waals surface area contributed by atoms with Gasteiger partial charge in [-0.1, -0.05) is 30.3 Å². The maximum atomic E-state index is 12.9. The van der Waals surface area contributed by atoms with Crippen molar-refractivity contribution in [3.63, 3.8) is 0 Å². The lowest BCUT2D eigenvalue weighted by molar-refractivity contribution is -0.136. The van der Waals surface area contributed by atoms with Crippen LogP contribution in [0.4, 0.5) is 18.9 Å². The van der Waals surface area contributed by atoms with Crippen molar-refractivity contribution in [2.75, 3.05) is 0 Å². The van der Waals surface area contributed by atoms with Gasteiger partial charge in [-0.15, -0.1) is 0 Å². The first-order valence-electron chi connectivity index (χ1n) is 5.45. The zero-order valence-corrected chi connectivity index (χ0v) is 9.99. The van der Waals surface area contributed by atoms with Crippen LogP contribution >= 0.6 is 0 Å². The monoisotopic (exact) mass is 262 g/mol. The van der Waals surface area contributed by atoms with Crippen LogP contribution in [-0.2, 0) is 6.18 Å². The van der Waals surface area contributed by atoms with E-state index in [4.69, 9.17) is 6.57 Å². The summed E-state index contributed by atoms with van der Waals surface area (Å²) in [5, 5.41) is 0. The topological polar surface area (TPSA) is 17.2 Å². The van der Waals surface area contributed by atoms with Crippen LogP contribution in [0.15, 0.2) is 36.4 Å². The Balaban J connectivity index is 2.69. The van der Waals surface area contributed by atoms with Crippen LogP contribution in [0.1, 0.15) is 11.3 Å². The first-order chi connectivity index (χ1) is 8.93. The summed E-state index contributed by atoms with van der Waals surface area (Å²) >= 11 is 0. The second kappa shape index (κ2) is 4.73. The number of nitrogens with zero attached hydrogens (tertiary/aromatic N) is 2. The third kappa shape index (κ3) is 2.58. The number of aryl methyl sites for hydroxylation is 1. The quantitative estimate of drug-likeness (QED) is 0.685. The highest BCUT2D eigenvalue weighted by Crippen LogP contribution is 2.39. The molecular formula is C14H9F3N2. The summed E-state index contributed by atoms with van der Waals surface area (Å²) in [5.74, 6) is 0. The molecule has 1 aromatic carbocycles. The molecule has 1 heterocycles. The van der Waals surface area contributed by atoms with E-state index in [2.05, 4.69) is 9.83 Å². The SMILES string of the molecule is [C-]#[N+]c1c(C(F)(F)F)cc(-c2ccccc2)nc1C. The molecule has 1 aromatic heterocycles. The fraction of sp³-hybridized carbons (Fsp3) is 0.143. The number of hydrogen-bond acceptors (Lipinski definition) is 1.